The van der Waals surface area contributed by atoms with Gasteiger partial charge in [0.25, 0.3) is 10.0 Å². The van der Waals surface area contributed by atoms with Gasteiger partial charge in [-0.05, 0) is 49.4 Å². The van der Waals surface area contributed by atoms with Gasteiger partial charge in [-0.15, -0.1) is 0 Å². The molecule has 206 valence electrons. The van der Waals surface area contributed by atoms with Crippen LogP contribution in [0.2, 0.25) is 0 Å². The zero-order valence-corrected chi connectivity index (χ0v) is 26.2. The standard InChI is InChI=1S/C30H27N3O6S.Na.H/c1-18-14-29(31-39-18)32-40(35,36)22-12-10-20(11-13-22)30(34)19(2)23-16-24(28(38-5)17-27(23)37-4)26-15-21-8-6-7-9-25(21)33(26)3;;/h6-17H,2H2,1,3-5H3,(H,31,32);;/q;+1;-1. The van der Waals surface area contributed by atoms with Gasteiger partial charge in [-0.1, -0.05) is 29.9 Å². The number of aromatic nitrogens is 2. The normalized spacial score (nSPS) is 11.1. The molecule has 0 saturated heterocycles. The molecular formula is C30H28N3NaO6S. The average Bonchev–Trinajstić information content (AvgIpc) is 3.52. The first kappa shape index (κ1) is 30.1. The number of allylic oxidation sites excluding steroid dienone is 1. The number of hydrogen-bond donors (Lipinski definition) is 1. The van der Waals surface area contributed by atoms with Crippen molar-refractivity contribution < 1.29 is 58.2 Å². The summed E-state index contributed by atoms with van der Waals surface area (Å²) in [5.74, 6) is 1.16. The van der Waals surface area contributed by atoms with E-state index in [1.54, 1.807) is 20.1 Å². The molecule has 2 aromatic heterocycles. The Hall–Kier alpha value is -3.83. The van der Waals surface area contributed by atoms with E-state index < -0.39 is 10.0 Å². The molecule has 0 aliphatic rings. The van der Waals surface area contributed by atoms with Gasteiger partial charge in [0.1, 0.15) is 17.3 Å². The topological polar surface area (TPSA) is 113 Å². The molecule has 0 aliphatic heterocycles. The van der Waals surface area contributed by atoms with Gasteiger partial charge in [-0.25, -0.2) is 8.42 Å². The van der Waals surface area contributed by atoms with E-state index in [1.165, 1.54) is 37.4 Å². The van der Waals surface area contributed by atoms with Crippen LogP contribution in [0.4, 0.5) is 5.82 Å². The molecule has 0 saturated carbocycles. The van der Waals surface area contributed by atoms with E-state index in [1.807, 2.05) is 37.4 Å². The maximum Gasteiger partial charge on any atom is 1.00 e. The molecule has 0 atom stereocenters. The summed E-state index contributed by atoms with van der Waals surface area (Å²) in [5.41, 5.74) is 3.66. The van der Waals surface area contributed by atoms with E-state index in [9.17, 15) is 13.2 Å². The molecule has 11 heteroatoms. The maximum atomic E-state index is 13.5. The second-order valence-electron chi connectivity index (χ2n) is 9.16. The summed E-state index contributed by atoms with van der Waals surface area (Å²) < 4.78 is 46.0. The zero-order valence-electron chi connectivity index (χ0n) is 24.4. The summed E-state index contributed by atoms with van der Waals surface area (Å²) in [4.78, 5) is 13.5. The van der Waals surface area contributed by atoms with Gasteiger partial charge in [0, 0.05) is 52.3 Å². The minimum atomic E-state index is -3.93. The number of nitrogens with zero attached hydrogens (tertiary/aromatic N) is 2. The van der Waals surface area contributed by atoms with E-state index in [2.05, 4.69) is 27.1 Å². The fourth-order valence-electron chi connectivity index (χ4n) is 4.58. The van der Waals surface area contributed by atoms with Crippen LogP contribution in [-0.2, 0) is 17.1 Å². The van der Waals surface area contributed by atoms with Crippen molar-refractivity contribution in [1.29, 1.82) is 0 Å². The van der Waals surface area contributed by atoms with Gasteiger partial charge in [0.15, 0.2) is 11.6 Å². The number of rotatable bonds is 9. The number of methoxy groups -OCH3 is 2. The van der Waals surface area contributed by atoms with Crippen molar-refractivity contribution in [1.82, 2.24) is 9.72 Å². The second kappa shape index (κ2) is 12.0. The number of anilines is 1. The van der Waals surface area contributed by atoms with Crippen LogP contribution in [0.3, 0.4) is 0 Å². The van der Waals surface area contributed by atoms with Gasteiger partial charge in [0.05, 0.1) is 24.8 Å². The number of hydrogen-bond acceptors (Lipinski definition) is 7. The third kappa shape index (κ3) is 5.82. The first-order valence-corrected chi connectivity index (χ1v) is 13.7. The summed E-state index contributed by atoms with van der Waals surface area (Å²) in [7, 11) is 1.13. The third-order valence-electron chi connectivity index (χ3n) is 6.64. The number of para-hydroxylation sites is 1. The average molecular weight is 582 g/mol. The Balaban J connectivity index is 0.00000242. The van der Waals surface area contributed by atoms with Crippen molar-refractivity contribution in [3.63, 3.8) is 0 Å². The molecule has 1 N–H and O–H groups in total. The predicted octanol–water partition coefficient (Wildman–Crippen LogP) is 2.97. The Morgan fingerprint density at radius 1 is 1.00 bits per heavy atom. The first-order chi connectivity index (χ1) is 19.1. The van der Waals surface area contributed by atoms with Gasteiger partial charge < -0.3 is 20.0 Å². The Morgan fingerprint density at radius 2 is 1.68 bits per heavy atom. The number of carbonyl (C=O) groups is 1. The number of sulfonamides is 1. The van der Waals surface area contributed by atoms with Crippen LogP contribution in [-0.4, -0.2) is 38.1 Å². The number of fused-ring (bicyclic) bond motifs is 1. The fraction of sp³-hybridized carbons (Fsp3) is 0.133. The van der Waals surface area contributed by atoms with E-state index in [0.717, 1.165) is 22.2 Å². The molecule has 2 heterocycles. The Kier molecular flexibility index (Phi) is 8.79. The molecule has 0 bridgehead atoms. The van der Waals surface area contributed by atoms with E-state index >= 15 is 0 Å². The summed E-state index contributed by atoms with van der Waals surface area (Å²) in [6.45, 7) is 5.72. The smallest absolute Gasteiger partial charge is 1.00 e. The van der Waals surface area contributed by atoms with Gasteiger partial charge in [-0.3, -0.25) is 9.52 Å². The molecule has 9 nitrogen and oxygen atoms in total. The van der Waals surface area contributed by atoms with Crippen molar-refractivity contribution in [3.8, 4) is 22.8 Å². The fourth-order valence-corrected chi connectivity index (χ4v) is 5.56. The monoisotopic (exact) mass is 581 g/mol. The number of aryl methyl sites for hydroxylation is 2. The van der Waals surface area contributed by atoms with E-state index in [0.29, 0.717) is 22.8 Å². The number of Topliss-reactive ketones (excluding diaryl/α,β-unsaturated/α-hetero) is 1. The molecule has 5 aromatic rings. The van der Waals surface area contributed by atoms with Gasteiger partial charge in [0.2, 0.25) is 0 Å². The predicted molar refractivity (Wildman–Crippen MR) is 154 cm³/mol. The van der Waals surface area contributed by atoms with Crippen LogP contribution in [0.15, 0.2) is 88.8 Å². The van der Waals surface area contributed by atoms with E-state index in [-0.39, 0.29) is 58.6 Å². The van der Waals surface area contributed by atoms with Crippen molar-refractivity contribution in [3.05, 3.63) is 96.3 Å². The maximum absolute atomic E-state index is 13.5. The number of benzene rings is 3. The van der Waals surface area contributed by atoms with Crippen molar-refractivity contribution in [2.45, 2.75) is 11.8 Å². The Bertz CT molecular complexity index is 1880. The minimum absolute atomic E-state index is 0. The number of carbonyl (C=O) groups excluding carboxylic acids is 1. The van der Waals surface area contributed by atoms with Crippen LogP contribution in [0.1, 0.15) is 23.1 Å². The summed E-state index contributed by atoms with van der Waals surface area (Å²) in [6, 6.07) is 20.7. The summed E-state index contributed by atoms with van der Waals surface area (Å²) in [6.07, 6.45) is 0. The first-order valence-electron chi connectivity index (χ1n) is 12.2. The molecule has 0 spiro atoms. The van der Waals surface area contributed by atoms with Crippen LogP contribution < -0.4 is 43.8 Å². The molecule has 41 heavy (non-hydrogen) atoms. The molecule has 5 rings (SSSR count). The number of nitrogens with one attached hydrogen (secondary N) is 1. The van der Waals surface area contributed by atoms with Crippen LogP contribution >= 0.6 is 0 Å². The number of ether oxygens (including phenoxy) is 2. The third-order valence-corrected chi connectivity index (χ3v) is 8.01. The molecule has 0 unspecified atom stereocenters. The van der Waals surface area contributed by atoms with E-state index in [4.69, 9.17) is 14.0 Å². The molecular weight excluding hydrogens is 553 g/mol. The van der Waals surface area contributed by atoms with Crippen molar-refractivity contribution >= 4 is 38.1 Å². The minimum Gasteiger partial charge on any atom is -1.00 e. The summed E-state index contributed by atoms with van der Waals surface area (Å²) in [5, 5.41) is 4.72. The van der Waals surface area contributed by atoms with Crippen LogP contribution in [0.5, 0.6) is 11.5 Å². The SMILES string of the molecule is C=C(C(=O)c1ccc(S(=O)(=O)Nc2cc(C)on2)cc1)c1cc(-c2cc3ccccc3n2C)c(OC)cc1OC.[H-].[Na+]. The van der Waals surface area contributed by atoms with Crippen molar-refractivity contribution in [2.75, 3.05) is 18.9 Å². The molecule has 0 fully saturated rings. The Morgan fingerprint density at radius 3 is 2.29 bits per heavy atom. The molecule has 3 aromatic carbocycles. The second-order valence-corrected chi connectivity index (χ2v) is 10.8. The van der Waals surface area contributed by atoms with Crippen molar-refractivity contribution in [2.24, 2.45) is 7.05 Å². The molecule has 0 amide bonds. The zero-order chi connectivity index (χ0) is 28.6. The van der Waals surface area contributed by atoms with Crippen LogP contribution in [0, 0.1) is 6.92 Å². The van der Waals surface area contributed by atoms with Gasteiger partial charge in [-0.2, -0.15) is 0 Å². The summed E-state index contributed by atoms with van der Waals surface area (Å²) >= 11 is 0. The van der Waals surface area contributed by atoms with Crippen LogP contribution in [0.25, 0.3) is 27.7 Å². The Labute approximate surface area is 261 Å². The van der Waals surface area contributed by atoms with Gasteiger partial charge >= 0.3 is 29.6 Å². The number of ketones is 1. The molecule has 0 aliphatic carbocycles. The largest absolute Gasteiger partial charge is 1.00 e. The quantitative estimate of drug-likeness (QED) is 0.162. The molecule has 0 radical (unpaired) electrons.